The monoisotopic (exact) mass is 337 g/mol. The summed E-state index contributed by atoms with van der Waals surface area (Å²) < 4.78 is 0. The molecule has 0 spiro atoms. The van der Waals surface area contributed by atoms with Gasteiger partial charge in [-0.3, -0.25) is 9.59 Å². The Morgan fingerprint density at radius 2 is 2.00 bits per heavy atom. The van der Waals surface area contributed by atoms with Crippen molar-refractivity contribution in [2.75, 3.05) is 16.8 Å². The number of carbonyl (C=O) groups excluding carboxylic acids is 2. The van der Waals surface area contributed by atoms with Gasteiger partial charge in [0, 0.05) is 24.3 Å². The molecule has 2 aromatic rings. The van der Waals surface area contributed by atoms with Crippen LogP contribution in [0.25, 0.3) is 0 Å². The van der Waals surface area contributed by atoms with Gasteiger partial charge in [-0.25, -0.2) is 4.98 Å². The molecule has 2 amide bonds. The summed E-state index contributed by atoms with van der Waals surface area (Å²) in [7, 11) is 0. The lowest BCUT2D eigenvalue weighted by Crippen LogP contribution is -2.28. The molecule has 1 saturated heterocycles. The van der Waals surface area contributed by atoms with E-state index >= 15 is 0 Å². The van der Waals surface area contributed by atoms with E-state index in [1.54, 1.807) is 11.0 Å². The van der Waals surface area contributed by atoms with Gasteiger partial charge in [0.15, 0.2) is 0 Å². The predicted molar refractivity (Wildman–Crippen MR) is 98.5 cm³/mol. The van der Waals surface area contributed by atoms with Crippen LogP contribution in [0.15, 0.2) is 42.5 Å². The zero-order valence-corrected chi connectivity index (χ0v) is 14.7. The quantitative estimate of drug-likeness (QED) is 0.910. The number of amides is 2. The molecule has 1 N–H and O–H groups in total. The highest BCUT2D eigenvalue weighted by atomic mass is 16.2. The molecule has 5 heteroatoms. The lowest BCUT2D eigenvalue weighted by molar-refractivity contribution is -0.122. The fraction of sp³-hybridized carbons (Fsp3) is 0.350. The fourth-order valence-electron chi connectivity index (χ4n) is 3.10. The Kier molecular flexibility index (Phi) is 5.12. The van der Waals surface area contributed by atoms with E-state index in [1.165, 1.54) is 5.56 Å². The van der Waals surface area contributed by atoms with Gasteiger partial charge in [0.25, 0.3) is 0 Å². The number of anilines is 2. The van der Waals surface area contributed by atoms with Crippen LogP contribution >= 0.6 is 0 Å². The molecular formula is C20H23N3O2. The number of aryl methyl sites for hydroxylation is 2. The van der Waals surface area contributed by atoms with Crippen LogP contribution in [0.1, 0.15) is 31.0 Å². The molecule has 1 aromatic carbocycles. The van der Waals surface area contributed by atoms with Crippen LogP contribution in [0.2, 0.25) is 0 Å². The summed E-state index contributed by atoms with van der Waals surface area (Å²) in [5, 5.41) is 2.81. The Labute approximate surface area is 148 Å². The lowest BCUT2D eigenvalue weighted by atomic mass is 10.1. The van der Waals surface area contributed by atoms with Crippen molar-refractivity contribution in [3.05, 3.63) is 53.7 Å². The van der Waals surface area contributed by atoms with Crippen molar-refractivity contribution in [1.82, 2.24) is 4.98 Å². The Balaban J connectivity index is 1.66. The largest absolute Gasteiger partial charge is 0.312 e. The smallest absolute Gasteiger partial charge is 0.230 e. The van der Waals surface area contributed by atoms with Gasteiger partial charge in [-0.2, -0.15) is 0 Å². The van der Waals surface area contributed by atoms with Gasteiger partial charge in [0.05, 0.1) is 5.92 Å². The summed E-state index contributed by atoms with van der Waals surface area (Å²) in [5.41, 5.74) is 2.96. The number of hydrogen-bond donors (Lipinski definition) is 1. The molecule has 2 heterocycles. The van der Waals surface area contributed by atoms with Gasteiger partial charge in [0.2, 0.25) is 11.8 Å². The van der Waals surface area contributed by atoms with E-state index in [4.69, 9.17) is 0 Å². The number of hydrogen-bond acceptors (Lipinski definition) is 3. The van der Waals surface area contributed by atoms with Crippen LogP contribution in [0, 0.1) is 12.8 Å². The van der Waals surface area contributed by atoms with E-state index in [2.05, 4.69) is 29.4 Å². The number of nitrogens with zero attached hydrogens (tertiary/aromatic N) is 2. The Morgan fingerprint density at radius 1 is 1.24 bits per heavy atom. The van der Waals surface area contributed by atoms with Gasteiger partial charge in [-0.1, -0.05) is 31.5 Å². The minimum absolute atomic E-state index is 0.0133. The van der Waals surface area contributed by atoms with Gasteiger partial charge >= 0.3 is 0 Å². The predicted octanol–water partition coefficient (Wildman–Crippen LogP) is 3.33. The maximum absolute atomic E-state index is 12.5. The summed E-state index contributed by atoms with van der Waals surface area (Å²) in [5.74, 6) is 0.00194. The summed E-state index contributed by atoms with van der Waals surface area (Å²) in [6.45, 7) is 4.42. The Hall–Kier alpha value is -2.69. The van der Waals surface area contributed by atoms with E-state index in [-0.39, 0.29) is 24.2 Å². The van der Waals surface area contributed by atoms with Crippen LogP contribution in [-0.4, -0.2) is 23.3 Å². The van der Waals surface area contributed by atoms with Crippen molar-refractivity contribution in [1.29, 1.82) is 0 Å². The summed E-state index contributed by atoms with van der Waals surface area (Å²) in [6.07, 6.45) is 2.36. The minimum Gasteiger partial charge on any atom is -0.312 e. The lowest BCUT2D eigenvalue weighted by Gasteiger charge is -2.17. The molecule has 1 aliphatic rings. The summed E-state index contributed by atoms with van der Waals surface area (Å²) in [6, 6.07) is 13.5. The third-order valence-electron chi connectivity index (χ3n) is 4.42. The van der Waals surface area contributed by atoms with Crippen LogP contribution in [0.4, 0.5) is 11.5 Å². The molecule has 0 radical (unpaired) electrons. The number of benzene rings is 1. The number of carbonyl (C=O) groups is 2. The zero-order valence-electron chi connectivity index (χ0n) is 14.7. The average Bonchev–Trinajstić information content (AvgIpc) is 2.98. The van der Waals surface area contributed by atoms with Crippen molar-refractivity contribution in [3.63, 3.8) is 0 Å². The molecule has 5 nitrogen and oxygen atoms in total. The molecule has 0 aliphatic carbocycles. The first-order valence-electron chi connectivity index (χ1n) is 8.70. The van der Waals surface area contributed by atoms with Crippen LogP contribution < -0.4 is 10.2 Å². The average molecular weight is 337 g/mol. The molecule has 0 saturated carbocycles. The van der Waals surface area contributed by atoms with Gasteiger partial charge in [-0.05, 0) is 43.2 Å². The third kappa shape index (κ3) is 4.05. The highest BCUT2D eigenvalue weighted by molar-refractivity contribution is 6.03. The maximum Gasteiger partial charge on any atom is 0.230 e. The molecule has 3 rings (SSSR count). The van der Waals surface area contributed by atoms with Crippen molar-refractivity contribution < 1.29 is 9.59 Å². The summed E-state index contributed by atoms with van der Waals surface area (Å²) in [4.78, 5) is 30.8. The number of aromatic nitrogens is 1. The van der Waals surface area contributed by atoms with Crippen molar-refractivity contribution in [2.45, 2.75) is 33.1 Å². The van der Waals surface area contributed by atoms with Crippen molar-refractivity contribution in [2.24, 2.45) is 5.92 Å². The second-order valence-corrected chi connectivity index (χ2v) is 6.48. The number of nitrogens with one attached hydrogen (secondary N) is 1. The molecule has 1 fully saturated rings. The van der Waals surface area contributed by atoms with E-state index in [1.807, 2.05) is 31.2 Å². The van der Waals surface area contributed by atoms with E-state index < -0.39 is 0 Å². The van der Waals surface area contributed by atoms with Crippen LogP contribution in [0.3, 0.4) is 0 Å². The highest BCUT2D eigenvalue weighted by Gasteiger charge is 2.35. The van der Waals surface area contributed by atoms with E-state index in [9.17, 15) is 9.59 Å². The van der Waals surface area contributed by atoms with Crippen molar-refractivity contribution >= 4 is 23.3 Å². The van der Waals surface area contributed by atoms with Crippen molar-refractivity contribution in [3.8, 4) is 0 Å². The van der Waals surface area contributed by atoms with Crippen LogP contribution in [-0.2, 0) is 16.0 Å². The molecule has 130 valence electrons. The Morgan fingerprint density at radius 3 is 2.68 bits per heavy atom. The molecule has 1 aromatic heterocycles. The van der Waals surface area contributed by atoms with Gasteiger partial charge in [-0.15, -0.1) is 0 Å². The first-order chi connectivity index (χ1) is 12.1. The zero-order chi connectivity index (χ0) is 17.8. The maximum atomic E-state index is 12.5. The van der Waals surface area contributed by atoms with Gasteiger partial charge in [0.1, 0.15) is 5.82 Å². The number of pyridine rings is 1. The first kappa shape index (κ1) is 17.1. The topological polar surface area (TPSA) is 62.3 Å². The first-order valence-corrected chi connectivity index (χ1v) is 8.70. The third-order valence-corrected chi connectivity index (χ3v) is 4.42. The fourth-order valence-corrected chi connectivity index (χ4v) is 3.10. The van der Waals surface area contributed by atoms with Crippen LogP contribution in [0.5, 0.6) is 0 Å². The van der Waals surface area contributed by atoms with E-state index in [0.29, 0.717) is 12.4 Å². The highest BCUT2D eigenvalue weighted by Crippen LogP contribution is 2.26. The molecule has 1 atom stereocenters. The molecule has 0 bridgehead atoms. The molecule has 0 unspecified atom stereocenters. The second kappa shape index (κ2) is 7.47. The SMILES string of the molecule is CCCc1ccc(N2C[C@@H](C(=O)Nc3cccc(C)n3)CC2=O)cc1. The molecular weight excluding hydrogens is 314 g/mol. The van der Waals surface area contributed by atoms with Gasteiger partial charge < -0.3 is 10.2 Å². The number of rotatable bonds is 5. The van der Waals surface area contributed by atoms with E-state index in [0.717, 1.165) is 24.2 Å². The minimum atomic E-state index is -0.356. The summed E-state index contributed by atoms with van der Waals surface area (Å²) >= 11 is 0. The molecule has 25 heavy (non-hydrogen) atoms. The standard InChI is InChI=1S/C20H23N3O2/c1-3-5-15-8-10-17(11-9-15)23-13-16(12-19(23)24)20(25)22-18-7-4-6-14(2)21-18/h4,6-11,16H,3,5,12-13H2,1-2H3,(H,21,22,25)/t16-/m0/s1. The molecule has 1 aliphatic heterocycles. The Bertz CT molecular complexity index is 771. The normalized spacial score (nSPS) is 17.0. The second-order valence-electron chi connectivity index (χ2n) is 6.48.